The molecule has 1 N–H and O–H groups in total. The Morgan fingerprint density at radius 3 is 2.68 bits per heavy atom. The molecule has 1 aromatic carbocycles. The van der Waals surface area contributed by atoms with Crippen molar-refractivity contribution in [3.05, 3.63) is 39.6 Å². The molecule has 0 aliphatic carbocycles. The molecule has 2 aromatic heterocycles. The molecule has 0 unspecified atom stereocenters. The first-order valence-corrected chi connectivity index (χ1v) is 6.63. The number of anilines is 1. The van der Waals surface area contributed by atoms with Crippen LogP contribution in [0.4, 0.5) is 5.69 Å². The largest absolute Gasteiger partial charge is 0.320 e. The number of hydrogen-bond donors (Lipinski definition) is 1. The van der Waals surface area contributed by atoms with Crippen molar-refractivity contribution in [3.8, 4) is 0 Å². The number of nitrogens with zero attached hydrogens (tertiary/aromatic N) is 4. The predicted molar refractivity (Wildman–Crippen MR) is 73.1 cm³/mol. The normalized spacial score (nSPS) is 10.8. The fraction of sp³-hybridized carbons (Fsp3) is 0. The van der Waals surface area contributed by atoms with E-state index in [-0.39, 0.29) is 10.9 Å². The Balaban J connectivity index is 1.86. The Bertz CT molecular complexity index is 719. The third kappa shape index (κ3) is 2.53. The van der Waals surface area contributed by atoms with E-state index >= 15 is 0 Å². The molecule has 9 heteroatoms. The van der Waals surface area contributed by atoms with Crippen LogP contribution in [-0.2, 0) is 0 Å². The number of rotatable bonds is 2. The van der Waals surface area contributed by atoms with Gasteiger partial charge in [0.1, 0.15) is 6.33 Å². The van der Waals surface area contributed by atoms with Crippen molar-refractivity contribution in [2.75, 3.05) is 5.32 Å². The topological polar surface area (TPSA) is 72.2 Å². The van der Waals surface area contributed by atoms with Crippen molar-refractivity contribution >= 4 is 51.1 Å². The highest BCUT2D eigenvalue weighted by Gasteiger charge is 2.14. The lowest BCUT2D eigenvalue weighted by molar-refractivity contribution is 0.102. The zero-order valence-electron chi connectivity index (χ0n) is 9.17. The van der Waals surface area contributed by atoms with E-state index in [4.69, 9.17) is 23.2 Å². The highest BCUT2D eigenvalue weighted by molar-refractivity contribution is 7.18. The molecule has 0 aliphatic heterocycles. The fourth-order valence-corrected chi connectivity index (χ4v) is 2.70. The molecule has 0 radical (unpaired) electrons. The van der Waals surface area contributed by atoms with Gasteiger partial charge in [0, 0.05) is 15.7 Å². The summed E-state index contributed by atoms with van der Waals surface area (Å²) in [6.45, 7) is 0. The van der Waals surface area contributed by atoms with Crippen LogP contribution in [0.5, 0.6) is 0 Å². The summed E-state index contributed by atoms with van der Waals surface area (Å²) in [4.78, 5) is 12.5. The van der Waals surface area contributed by atoms with E-state index in [1.54, 1.807) is 18.2 Å². The van der Waals surface area contributed by atoms with Gasteiger partial charge in [0.2, 0.25) is 9.97 Å². The van der Waals surface area contributed by atoms with E-state index < -0.39 is 0 Å². The third-order valence-electron chi connectivity index (χ3n) is 2.20. The van der Waals surface area contributed by atoms with E-state index in [1.165, 1.54) is 10.8 Å². The summed E-state index contributed by atoms with van der Waals surface area (Å²) in [5.74, 6) is -0.353. The van der Waals surface area contributed by atoms with Gasteiger partial charge in [-0.25, -0.2) is 0 Å². The summed E-state index contributed by atoms with van der Waals surface area (Å²) in [6, 6.07) is 4.79. The van der Waals surface area contributed by atoms with Gasteiger partial charge < -0.3 is 5.32 Å². The zero-order chi connectivity index (χ0) is 13.4. The molecule has 3 rings (SSSR count). The molecule has 3 aromatic rings. The Morgan fingerprint density at radius 2 is 2.00 bits per heavy atom. The van der Waals surface area contributed by atoms with E-state index in [2.05, 4.69) is 20.6 Å². The van der Waals surface area contributed by atoms with Gasteiger partial charge in [0.25, 0.3) is 5.91 Å². The highest BCUT2D eigenvalue weighted by Crippen LogP contribution is 2.23. The van der Waals surface area contributed by atoms with E-state index in [0.29, 0.717) is 20.7 Å². The van der Waals surface area contributed by atoms with Crippen LogP contribution in [0.15, 0.2) is 24.5 Å². The number of carbonyl (C=O) groups excluding carboxylic acids is 1. The molecule has 0 saturated carbocycles. The average molecular weight is 314 g/mol. The number of fused-ring (bicyclic) bond motifs is 1. The molecule has 1 amide bonds. The van der Waals surface area contributed by atoms with Gasteiger partial charge in [-0.2, -0.15) is 4.52 Å². The van der Waals surface area contributed by atoms with E-state index in [9.17, 15) is 4.79 Å². The van der Waals surface area contributed by atoms with Gasteiger partial charge in [-0.1, -0.05) is 34.5 Å². The maximum atomic E-state index is 12.0. The first-order valence-electron chi connectivity index (χ1n) is 5.06. The van der Waals surface area contributed by atoms with Gasteiger partial charge in [0.05, 0.1) is 0 Å². The molecule has 0 fully saturated rings. The summed E-state index contributed by atoms with van der Waals surface area (Å²) in [5, 5.41) is 15.4. The van der Waals surface area contributed by atoms with Crippen LogP contribution in [0.2, 0.25) is 10.0 Å². The second-order valence-corrected chi connectivity index (χ2v) is 5.41. The zero-order valence-corrected chi connectivity index (χ0v) is 11.5. The molecular formula is C10H5Cl2N5OS. The van der Waals surface area contributed by atoms with Gasteiger partial charge in [0.15, 0.2) is 0 Å². The summed E-state index contributed by atoms with van der Waals surface area (Å²) in [7, 11) is 0. The number of hydrogen-bond acceptors (Lipinski definition) is 5. The Morgan fingerprint density at radius 1 is 1.26 bits per heavy atom. The van der Waals surface area contributed by atoms with Crippen LogP contribution in [0.3, 0.4) is 0 Å². The fourth-order valence-electron chi connectivity index (χ4n) is 1.46. The molecule has 6 nitrogen and oxygen atoms in total. The third-order valence-corrected chi connectivity index (χ3v) is 3.55. The van der Waals surface area contributed by atoms with Crippen LogP contribution in [0.25, 0.3) is 4.96 Å². The maximum Gasteiger partial charge on any atom is 0.286 e. The lowest BCUT2D eigenvalue weighted by atomic mass is 10.3. The van der Waals surface area contributed by atoms with Gasteiger partial charge in [-0.3, -0.25) is 4.79 Å². The van der Waals surface area contributed by atoms with Crippen LogP contribution in [0, 0.1) is 0 Å². The first kappa shape index (κ1) is 12.3. The van der Waals surface area contributed by atoms with Crippen molar-refractivity contribution in [1.29, 1.82) is 0 Å². The van der Waals surface area contributed by atoms with Gasteiger partial charge in [-0.15, -0.1) is 15.3 Å². The summed E-state index contributed by atoms with van der Waals surface area (Å²) in [6.07, 6.45) is 1.43. The lowest BCUT2D eigenvalue weighted by Crippen LogP contribution is -2.12. The number of nitrogens with one attached hydrogen (secondary N) is 1. The monoisotopic (exact) mass is 313 g/mol. The molecule has 0 bridgehead atoms. The number of halogens is 2. The van der Waals surface area contributed by atoms with Gasteiger partial charge >= 0.3 is 0 Å². The predicted octanol–water partition coefficient (Wildman–Crippen LogP) is 2.74. The minimum Gasteiger partial charge on any atom is -0.320 e. The standard InChI is InChI=1S/C10H5Cl2N5OS/c11-5-1-6(12)3-7(2-5)14-8(18)9-16-17-4-13-15-10(17)19-9/h1-4H,(H,14,18). The van der Waals surface area contributed by atoms with Crippen molar-refractivity contribution in [1.82, 2.24) is 19.8 Å². The number of benzene rings is 1. The smallest absolute Gasteiger partial charge is 0.286 e. The van der Waals surface area contributed by atoms with Crippen molar-refractivity contribution in [3.63, 3.8) is 0 Å². The molecule has 0 spiro atoms. The van der Waals surface area contributed by atoms with Gasteiger partial charge in [-0.05, 0) is 18.2 Å². The molecule has 96 valence electrons. The molecule has 19 heavy (non-hydrogen) atoms. The minimum absolute atomic E-state index is 0.279. The van der Waals surface area contributed by atoms with Crippen molar-refractivity contribution < 1.29 is 4.79 Å². The Hall–Kier alpha value is -1.70. The van der Waals surface area contributed by atoms with Crippen LogP contribution in [0.1, 0.15) is 9.80 Å². The average Bonchev–Trinajstić information content (AvgIpc) is 2.86. The second-order valence-electron chi connectivity index (χ2n) is 3.58. The van der Waals surface area contributed by atoms with Crippen molar-refractivity contribution in [2.45, 2.75) is 0 Å². The second kappa shape index (κ2) is 4.76. The molecule has 0 aliphatic rings. The summed E-state index contributed by atoms with van der Waals surface area (Å²) < 4.78 is 1.44. The highest BCUT2D eigenvalue weighted by atomic mass is 35.5. The van der Waals surface area contributed by atoms with Crippen LogP contribution in [-0.4, -0.2) is 25.7 Å². The quantitative estimate of drug-likeness (QED) is 0.789. The van der Waals surface area contributed by atoms with Crippen LogP contribution < -0.4 is 5.32 Å². The molecular weight excluding hydrogens is 309 g/mol. The summed E-state index contributed by atoms with van der Waals surface area (Å²) >= 11 is 12.9. The summed E-state index contributed by atoms with van der Waals surface area (Å²) in [5.41, 5.74) is 0.508. The Kier molecular flexibility index (Phi) is 3.09. The number of amides is 1. The van der Waals surface area contributed by atoms with E-state index in [0.717, 1.165) is 11.3 Å². The Labute approximate surface area is 121 Å². The number of carbonyl (C=O) groups is 1. The first-order chi connectivity index (χ1) is 9.11. The maximum absolute atomic E-state index is 12.0. The molecule has 0 atom stereocenters. The van der Waals surface area contributed by atoms with Crippen LogP contribution >= 0.6 is 34.5 Å². The lowest BCUT2D eigenvalue weighted by Gasteiger charge is -2.03. The van der Waals surface area contributed by atoms with Crippen molar-refractivity contribution in [2.24, 2.45) is 0 Å². The van der Waals surface area contributed by atoms with E-state index in [1.807, 2.05) is 0 Å². The molecule has 0 saturated heterocycles. The minimum atomic E-state index is -0.353. The SMILES string of the molecule is O=C(Nc1cc(Cl)cc(Cl)c1)c1nn2cnnc2s1. The number of aromatic nitrogens is 4. The molecule has 2 heterocycles.